The Morgan fingerprint density at radius 1 is 0.676 bits per heavy atom. The second-order valence-corrected chi connectivity index (χ2v) is 8.97. The third-order valence-electron chi connectivity index (χ3n) is 6.69. The molecule has 4 aromatic rings. The van der Waals surface area contributed by atoms with Crippen molar-refractivity contribution in [3.8, 4) is 11.5 Å². The fourth-order valence-corrected chi connectivity index (χ4v) is 4.80. The molecule has 0 aliphatic carbocycles. The summed E-state index contributed by atoms with van der Waals surface area (Å²) in [7, 11) is 0. The lowest BCUT2D eigenvalue weighted by Gasteiger charge is -2.33. The second kappa shape index (κ2) is 10.4. The standard InChI is InChI=1S/C28H30N2O4/c31-27(20-33-25-13-5-9-21-7-1-3-11-23(21)25)30-17-15-29(16-18-30)19-28(32)34-26-14-6-10-22-8-2-4-12-24(22)26/h1-14,27-28,31-32H,15-20H2/p+2/t27-,28+/m0/s1. The summed E-state index contributed by atoms with van der Waals surface area (Å²) in [5.74, 6) is 1.50. The Labute approximate surface area is 199 Å². The van der Waals surface area contributed by atoms with Gasteiger partial charge in [-0.1, -0.05) is 72.8 Å². The van der Waals surface area contributed by atoms with E-state index in [0.717, 1.165) is 58.4 Å². The van der Waals surface area contributed by atoms with Crippen LogP contribution < -0.4 is 19.3 Å². The van der Waals surface area contributed by atoms with E-state index in [1.165, 1.54) is 4.90 Å². The first-order valence-corrected chi connectivity index (χ1v) is 12.0. The van der Waals surface area contributed by atoms with Gasteiger partial charge in [0, 0.05) is 10.8 Å². The minimum absolute atomic E-state index is 0.255. The van der Waals surface area contributed by atoms with Gasteiger partial charge in [-0.15, -0.1) is 0 Å². The van der Waals surface area contributed by atoms with Gasteiger partial charge in [0.15, 0.2) is 6.61 Å². The van der Waals surface area contributed by atoms with Crippen LogP contribution in [0.25, 0.3) is 21.5 Å². The van der Waals surface area contributed by atoms with Crippen molar-refractivity contribution < 1.29 is 29.5 Å². The summed E-state index contributed by atoms with van der Waals surface area (Å²) in [6, 6.07) is 28.0. The molecule has 6 nitrogen and oxygen atoms in total. The van der Waals surface area contributed by atoms with Crippen LogP contribution in [0, 0.1) is 0 Å². The number of piperazine rings is 1. The van der Waals surface area contributed by atoms with Gasteiger partial charge in [-0.2, -0.15) is 0 Å². The molecule has 0 unspecified atom stereocenters. The fraction of sp³-hybridized carbons (Fsp3) is 0.286. The van der Waals surface area contributed by atoms with E-state index in [4.69, 9.17) is 9.47 Å². The molecule has 1 aliphatic rings. The monoisotopic (exact) mass is 460 g/mol. The Bertz CT molecular complexity index is 1230. The number of quaternary nitrogens is 2. The Balaban J connectivity index is 1.10. The Hall–Kier alpha value is -3.16. The average molecular weight is 461 g/mol. The van der Waals surface area contributed by atoms with Crippen molar-refractivity contribution in [2.75, 3.05) is 39.3 Å². The number of benzene rings is 4. The first kappa shape index (κ1) is 22.6. The largest absolute Gasteiger partial charge is 0.484 e. The molecule has 34 heavy (non-hydrogen) atoms. The van der Waals surface area contributed by atoms with Crippen molar-refractivity contribution in [3.05, 3.63) is 84.9 Å². The maximum Gasteiger partial charge on any atom is 0.247 e. The third kappa shape index (κ3) is 5.16. The molecule has 6 heteroatoms. The van der Waals surface area contributed by atoms with Crippen LogP contribution in [-0.2, 0) is 0 Å². The lowest BCUT2D eigenvalue weighted by Crippen LogP contribution is -3.30. The fourth-order valence-electron chi connectivity index (χ4n) is 4.80. The first-order valence-electron chi connectivity index (χ1n) is 12.0. The third-order valence-corrected chi connectivity index (χ3v) is 6.69. The number of hydrogen-bond acceptors (Lipinski definition) is 4. The zero-order valence-electron chi connectivity index (χ0n) is 19.2. The number of nitrogens with one attached hydrogen (secondary N) is 2. The van der Waals surface area contributed by atoms with E-state index in [2.05, 4.69) is 12.1 Å². The Kier molecular flexibility index (Phi) is 6.92. The maximum absolute atomic E-state index is 10.7. The van der Waals surface area contributed by atoms with Gasteiger partial charge >= 0.3 is 0 Å². The molecule has 0 saturated carbocycles. The summed E-state index contributed by atoms with van der Waals surface area (Å²) in [6.45, 7) is 4.12. The molecule has 1 aliphatic heterocycles. The van der Waals surface area contributed by atoms with Crippen LogP contribution in [0.15, 0.2) is 84.9 Å². The van der Waals surface area contributed by atoms with Gasteiger partial charge in [-0.05, 0) is 22.9 Å². The van der Waals surface area contributed by atoms with Crippen LogP contribution in [0.2, 0.25) is 0 Å². The lowest BCUT2D eigenvalue weighted by atomic mass is 10.1. The van der Waals surface area contributed by atoms with Crippen molar-refractivity contribution in [2.45, 2.75) is 12.5 Å². The van der Waals surface area contributed by atoms with Crippen LogP contribution in [-0.4, -0.2) is 62.1 Å². The topological polar surface area (TPSA) is 67.8 Å². The van der Waals surface area contributed by atoms with E-state index >= 15 is 0 Å². The van der Waals surface area contributed by atoms with Crippen molar-refractivity contribution in [1.82, 2.24) is 0 Å². The molecule has 0 amide bonds. The van der Waals surface area contributed by atoms with Crippen molar-refractivity contribution in [2.24, 2.45) is 0 Å². The van der Waals surface area contributed by atoms with Crippen LogP contribution in [0.4, 0.5) is 0 Å². The van der Waals surface area contributed by atoms with Crippen LogP contribution in [0.5, 0.6) is 11.5 Å². The smallest absolute Gasteiger partial charge is 0.247 e. The quantitative estimate of drug-likeness (QED) is 0.295. The number of fused-ring (bicyclic) bond motifs is 2. The van der Waals surface area contributed by atoms with E-state index in [1.54, 1.807) is 0 Å². The van der Waals surface area contributed by atoms with Gasteiger partial charge in [-0.3, -0.25) is 4.90 Å². The number of aliphatic hydroxyl groups is 2. The van der Waals surface area contributed by atoms with Crippen molar-refractivity contribution >= 4 is 21.5 Å². The lowest BCUT2D eigenvalue weighted by molar-refractivity contribution is -1.04. The van der Waals surface area contributed by atoms with E-state index < -0.39 is 12.5 Å². The zero-order chi connectivity index (χ0) is 23.3. The molecule has 1 heterocycles. The number of aliphatic hydroxyl groups excluding tert-OH is 2. The van der Waals surface area contributed by atoms with E-state index in [-0.39, 0.29) is 6.61 Å². The summed E-state index contributed by atoms with van der Waals surface area (Å²) in [6.07, 6.45) is -1.46. The average Bonchev–Trinajstić information content (AvgIpc) is 2.88. The summed E-state index contributed by atoms with van der Waals surface area (Å²) < 4.78 is 11.9. The maximum atomic E-state index is 10.7. The molecule has 4 N–H and O–H groups in total. The highest BCUT2D eigenvalue weighted by molar-refractivity contribution is 5.88. The van der Waals surface area contributed by atoms with Gasteiger partial charge < -0.3 is 24.6 Å². The summed E-state index contributed by atoms with van der Waals surface area (Å²) in [4.78, 5) is 2.40. The van der Waals surface area contributed by atoms with Gasteiger partial charge in [0.2, 0.25) is 12.5 Å². The van der Waals surface area contributed by atoms with Gasteiger partial charge in [0.25, 0.3) is 0 Å². The highest BCUT2D eigenvalue weighted by Gasteiger charge is 2.30. The SMILES string of the molecule is O[C@@H](C[NH+]1CC[NH+]([C@@H](O)COc2cccc3ccccc23)CC1)Oc1cccc2ccccc12. The number of rotatable bonds is 8. The van der Waals surface area contributed by atoms with E-state index in [9.17, 15) is 10.2 Å². The Morgan fingerprint density at radius 3 is 1.91 bits per heavy atom. The highest BCUT2D eigenvalue weighted by atomic mass is 16.6. The van der Waals surface area contributed by atoms with E-state index in [0.29, 0.717) is 12.3 Å². The molecule has 0 aromatic heterocycles. The zero-order valence-corrected chi connectivity index (χ0v) is 19.2. The first-order chi connectivity index (χ1) is 16.7. The van der Waals surface area contributed by atoms with Crippen molar-refractivity contribution in [3.63, 3.8) is 0 Å². The molecular formula is C28H32N2O4+2. The van der Waals surface area contributed by atoms with Gasteiger partial charge in [-0.25, -0.2) is 0 Å². The summed E-state index contributed by atoms with van der Waals surface area (Å²) in [5.41, 5.74) is 0. The molecule has 1 fully saturated rings. The van der Waals surface area contributed by atoms with E-state index in [1.807, 2.05) is 72.8 Å². The molecule has 176 valence electrons. The van der Waals surface area contributed by atoms with Crippen LogP contribution in [0.1, 0.15) is 0 Å². The summed E-state index contributed by atoms with van der Waals surface area (Å²) >= 11 is 0. The second-order valence-electron chi connectivity index (χ2n) is 8.97. The molecule has 4 aromatic carbocycles. The number of ether oxygens (including phenoxy) is 2. The molecule has 0 bridgehead atoms. The summed E-state index contributed by atoms with van der Waals surface area (Å²) in [5, 5.41) is 25.6. The normalized spacial score (nSPS) is 20.2. The van der Waals surface area contributed by atoms with Crippen LogP contribution in [0.3, 0.4) is 0 Å². The minimum Gasteiger partial charge on any atom is -0.484 e. The minimum atomic E-state index is -0.873. The highest BCUT2D eigenvalue weighted by Crippen LogP contribution is 2.26. The molecular weight excluding hydrogens is 428 g/mol. The van der Waals surface area contributed by atoms with Crippen LogP contribution >= 0.6 is 0 Å². The molecule has 5 rings (SSSR count). The predicted molar refractivity (Wildman–Crippen MR) is 132 cm³/mol. The van der Waals surface area contributed by atoms with Crippen molar-refractivity contribution in [1.29, 1.82) is 0 Å². The molecule has 2 atom stereocenters. The molecule has 0 spiro atoms. The number of hydrogen-bond donors (Lipinski definition) is 4. The van der Waals surface area contributed by atoms with Gasteiger partial charge in [0.1, 0.15) is 44.2 Å². The molecule has 0 radical (unpaired) electrons. The van der Waals surface area contributed by atoms with Gasteiger partial charge in [0.05, 0.1) is 0 Å². The molecule has 1 saturated heterocycles. The predicted octanol–water partition coefficient (Wildman–Crippen LogP) is 0.871. The Morgan fingerprint density at radius 2 is 1.24 bits per heavy atom.